The predicted molar refractivity (Wildman–Crippen MR) is 113 cm³/mol. The summed E-state index contributed by atoms with van der Waals surface area (Å²) in [5.74, 6) is 0.934. The highest BCUT2D eigenvalue weighted by atomic mass is 16.5. The van der Waals surface area contributed by atoms with Gasteiger partial charge in [-0.3, -0.25) is 0 Å². The Morgan fingerprint density at radius 2 is 1.58 bits per heavy atom. The van der Waals surface area contributed by atoms with Crippen molar-refractivity contribution in [2.24, 2.45) is 4.99 Å². The molecule has 1 unspecified atom stereocenters. The van der Waals surface area contributed by atoms with E-state index in [2.05, 4.69) is 58.0 Å². The number of nitrogens with zero attached hydrogens (tertiary/aromatic N) is 1. The van der Waals surface area contributed by atoms with Crippen molar-refractivity contribution < 1.29 is 4.74 Å². The van der Waals surface area contributed by atoms with E-state index in [1.54, 1.807) is 5.57 Å². The average molecular weight is 356 g/mol. The van der Waals surface area contributed by atoms with E-state index in [0.717, 1.165) is 44.4 Å². The van der Waals surface area contributed by atoms with Gasteiger partial charge in [-0.15, -0.1) is 0 Å². The summed E-state index contributed by atoms with van der Waals surface area (Å²) in [7, 11) is 0. The van der Waals surface area contributed by atoms with Crippen molar-refractivity contribution in [1.82, 2.24) is 0 Å². The first-order valence-electron chi connectivity index (χ1n) is 10.7. The summed E-state index contributed by atoms with van der Waals surface area (Å²) in [5, 5.41) is 0. The van der Waals surface area contributed by atoms with Crippen LogP contribution in [0.2, 0.25) is 0 Å². The molecule has 1 aliphatic rings. The standard InChI is InChI=1S/C24H37NO/c1-5-9-18-24(17-8-4)22(14-7-3)21(13-6-2)23(26-24)25-19-20-15-11-10-12-16-20/h10-12,15-16H,5-9,13-14,17-19H2,1-4H3. The molecule has 0 saturated carbocycles. The fourth-order valence-corrected chi connectivity index (χ4v) is 4.12. The van der Waals surface area contributed by atoms with Gasteiger partial charge in [0.05, 0.1) is 6.54 Å². The van der Waals surface area contributed by atoms with Gasteiger partial charge in [-0.25, -0.2) is 4.99 Å². The maximum Gasteiger partial charge on any atom is 0.213 e. The Labute approximate surface area is 160 Å². The van der Waals surface area contributed by atoms with E-state index in [1.165, 1.54) is 30.4 Å². The molecule has 2 rings (SSSR count). The third kappa shape index (κ3) is 4.99. The first-order chi connectivity index (χ1) is 12.7. The molecule has 1 atom stereocenters. The van der Waals surface area contributed by atoms with E-state index < -0.39 is 0 Å². The second-order valence-electron chi connectivity index (χ2n) is 7.51. The zero-order chi connectivity index (χ0) is 18.8. The minimum Gasteiger partial charge on any atom is -0.467 e. The third-order valence-electron chi connectivity index (χ3n) is 5.30. The molecular formula is C24H37NO. The van der Waals surface area contributed by atoms with Crippen LogP contribution in [0.15, 0.2) is 46.5 Å². The van der Waals surface area contributed by atoms with Crippen molar-refractivity contribution in [3.63, 3.8) is 0 Å². The van der Waals surface area contributed by atoms with Gasteiger partial charge in [0, 0.05) is 5.57 Å². The average Bonchev–Trinajstić information content (AvgIpc) is 2.94. The number of ether oxygens (including phenoxy) is 1. The van der Waals surface area contributed by atoms with Crippen molar-refractivity contribution in [2.75, 3.05) is 0 Å². The second kappa shape index (κ2) is 10.5. The van der Waals surface area contributed by atoms with Gasteiger partial charge in [0.15, 0.2) is 0 Å². The van der Waals surface area contributed by atoms with Crippen molar-refractivity contribution in [3.05, 3.63) is 47.0 Å². The summed E-state index contributed by atoms with van der Waals surface area (Å²) < 4.78 is 6.72. The SMILES string of the molecule is CCCCC1(CCC)OC(=NCc2ccccc2)C(CCC)=C1CCC. The molecule has 0 amide bonds. The quantitative estimate of drug-likeness (QED) is 0.410. The molecule has 144 valence electrons. The molecule has 0 fully saturated rings. The number of unbranched alkanes of at least 4 members (excludes halogenated alkanes) is 1. The smallest absolute Gasteiger partial charge is 0.213 e. The zero-order valence-corrected chi connectivity index (χ0v) is 17.3. The molecule has 1 aliphatic heterocycles. The van der Waals surface area contributed by atoms with Crippen LogP contribution in [0.4, 0.5) is 0 Å². The van der Waals surface area contributed by atoms with Crippen molar-refractivity contribution >= 4 is 5.90 Å². The van der Waals surface area contributed by atoms with Crippen LogP contribution in [-0.2, 0) is 11.3 Å². The molecule has 0 N–H and O–H groups in total. The van der Waals surface area contributed by atoms with E-state index >= 15 is 0 Å². The Balaban J connectivity index is 2.38. The van der Waals surface area contributed by atoms with E-state index in [-0.39, 0.29) is 5.60 Å². The molecule has 2 nitrogen and oxygen atoms in total. The summed E-state index contributed by atoms with van der Waals surface area (Å²) in [6, 6.07) is 10.5. The summed E-state index contributed by atoms with van der Waals surface area (Å²) in [5.41, 5.74) is 4.12. The highest BCUT2D eigenvalue weighted by Gasteiger charge is 2.43. The minimum atomic E-state index is -0.0964. The Morgan fingerprint density at radius 3 is 2.19 bits per heavy atom. The molecule has 0 saturated heterocycles. The van der Waals surface area contributed by atoms with Gasteiger partial charge < -0.3 is 4.74 Å². The van der Waals surface area contributed by atoms with Crippen LogP contribution < -0.4 is 0 Å². The number of rotatable bonds is 11. The van der Waals surface area contributed by atoms with E-state index in [1.807, 2.05) is 0 Å². The molecule has 1 heterocycles. The Morgan fingerprint density at radius 1 is 0.846 bits per heavy atom. The number of hydrogen-bond acceptors (Lipinski definition) is 2. The third-order valence-corrected chi connectivity index (χ3v) is 5.30. The molecule has 0 aromatic heterocycles. The minimum absolute atomic E-state index is 0.0964. The van der Waals surface area contributed by atoms with Crippen LogP contribution in [0.3, 0.4) is 0 Å². The summed E-state index contributed by atoms with van der Waals surface area (Å²) >= 11 is 0. The monoisotopic (exact) mass is 355 g/mol. The largest absolute Gasteiger partial charge is 0.467 e. The summed E-state index contributed by atoms with van der Waals surface area (Å²) in [6.45, 7) is 9.80. The zero-order valence-electron chi connectivity index (χ0n) is 17.3. The van der Waals surface area contributed by atoms with Crippen LogP contribution in [0.25, 0.3) is 0 Å². The lowest BCUT2D eigenvalue weighted by Crippen LogP contribution is -2.32. The number of benzene rings is 1. The maximum absolute atomic E-state index is 6.72. The summed E-state index contributed by atoms with van der Waals surface area (Å²) in [6.07, 6.45) is 10.4. The highest BCUT2D eigenvalue weighted by Crippen LogP contribution is 2.44. The molecule has 1 aromatic rings. The second-order valence-corrected chi connectivity index (χ2v) is 7.51. The molecule has 26 heavy (non-hydrogen) atoms. The van der Waals surface area contributed by atoms with Crippen molar-refractivity contribution in [1.29, 1.82) is 0 Å². The van der Waals surface area contributed by atoms with E-state index in [4.69, 9.17) is 9.73 Å². The van der Waals surface area contributed by atoms with Gasteiger partial charge in [0.1, 0.15) is 5.60 Å². The lowest BCUT2D eigenvalue weighted by atomic mass is 9.80. The van der Waals surface area contributed by atoms with Crippen LogP contribution in [-0.4, -0.2) is 11.5 Å². The molecule has 2 heteroatoms. The van der Waals surface area contributed by atoms with Gasteiger partial charge in [-0.05, 0) is 43.2 Å². The van der Waals surface area contributed by atoms with Crippen molar-refractivity contribution in [3.8, 4) is 0 Å². The summed E-state index contributed by atoms with van der Waals surface area (Å²) in [4.78, 5) is 4.95. The molecular weight excluding hydrogens is 318 g/mol. The van der Waals surface area contributed by atoms with Gasteiger partial charge >= 0.3 is 0 Å². The lowest BCUT2D eigenvalue weighted by molar-refractivity contribution is 0.0805. The van der Waals surface area contributed by atoms with Gasteiger partial charge in [0.25, 0.3) is 0 Å². The van der Waals surface area contributed by atoms with Crippen LogP contribution >= 0.6 is 0 Å². The number of aliphatic imine (C=N–C) groups is 1. The maximum atomic E-state index is 6.72. The normalized spacial score (nSPS) is 21.5. The Bertz CT molecular complexity index is 602. The van der Waals surface area contributed by atoms with E-state index in [9.17, 15) is 0 Å². The van der Waals surface area contributed by atoms with Gasteiger partial charge in [0.2, 0.25) is 5.90 Å². The van der Waals surface area contributed by atoms with Crippen molar-refractivity contribution in [2.45, 2.75) is 97.6 Å². The van der Waals surface area contributed by atoms with Gasteiger partial charge in [-0.2, -0.15) is 0 Å². The molecule has 0 spiro atoms. The number of hydrogen-bond donors (Lipinski definition) is 0. The lowest BCUT2D eigenvalue weighted by Gasteiger charge is -2.32. The van der Waals surface area contributed by atoms with Crippen LogP contribution in [0.5, 0.6) is 0 Å². The highest BCUT2D eigenvalue weighted by molar-refractivity contribution is 5.97. The topological polar surface area (TPSA) is 21.6 Å². The first-order valence-corrected chi connectivity index (χ1v) is 10.7. The first kappa shape index (κ1) is 20.7. The van der Waals surface area contributed by atoms with E-state index in [0.29, 0.717) is 6.54 Å². The molecule has 1 aromatic carbocycles. The van der Waals surface area contributed by atoms with Crippen LogP contribution in [0.1, 0.15) is 91.0 Å². The molecule has 0 aliphatic carbocycles. The Hall–Kier alpha value is -1.57. The molecule has 0 bridgehead atoms. The predicted octanol–water partition coefficient (Wildman–Crippen LogP) is 7.24. The van der Waals surface area contributed by atoms with Gasteiger partial charge in [-0.1, -0.05) is 83.7 Å². The van der Waals surface area contributed by atoms with Crippen LogP contribution in [0, 0.1) is 0 Å². The fourth-order valence-electron chi connectivity index (χ4n) is 4.12. The molecule has 0 radical (unpaired) electrons. The Kier molecular flexibility index (Phi) is 8.41. The fraction of sp³-hybridized carbons (Fsp3) is 0.625.